The van der Waals surface area contributed by atoms with E-state index in [2.05, 4.69) is 0 Å². The molecule has 1 N–H and O–H groups in total. The Hall–Kier alpha value is -1.46. The Morgan fingerprint density at radius 3 is 2.38 bits per heavy atom. The van der Waals surface area contributed by atoms with Crippen LogP contribution in [-0.2, 0) is 19.7 Å². The molecule has 0 spiro atoms. The number of imide groups is 2. The molecule has 1 aliphatic heterocycles. The normalized spacial score (nSPS) is 15.1. The first kappa shape index (κ1) is 22.6. The summed E-state index contributed by atoms with van der Waals surface area (Å²) in [6.07, 6.45) is 0.883. The molecule has 1 heterocycles. The van der Waals surface area contributed by atoms with E-state index in [1.54, 1.807) is 0 Å². The quantitative estimate of drug-likeness (QED) is 0.430. The fraction of sp³-hybridized carbons (Fsp3) is 0.400. The van der Waals surface area contributed by atoms with Crippen LogP contribution < -0.4 is 9.64 Å². The van der Waals surface area contributed by atoms with Crippen LogP contribution >= 0.6 is 0 Å². The minimum absolute atomic E-state index is 0. The summed E-state index contributed by atoms with van der Waals surface area (Å²) in [5, 5.41) is 0. The van der Waals surface area contributed by atoms with Crippen LogP contribution in [0.5, 0.6) is 5.75 Å². The molecule has 1 aromatic rings. The Labute approximate surface area is 173 Å². The van der Waals surface area contributed by atoms with E-state index in [0.717, 1.165) is 28.4 Å². The Morgan fingerprint density at radius 2 is 1.85 bits per heavy atom. The second kappa shape index (κ2) is 8.96. The van der Waals surface area contributed by atoms with Gasteiger partial charge >= 0.3 is 35.6 Å². The van der Waals surface area contributed by atoms with E-state index in [4.69, 9.17) is 9.29 Å². The number of anilines is 1. The number of unbranched alkanes of at least 4 members (excludes halogenated alkanes) is 1. The van der Waals surface area contributed by atoms with Gasteiger partial charge in [0.05, 0.1) is 17.7 Å². The van der Waals surface area contributed by atoms with Gasteiger partial charge in [-0.25, -0.2) is 9.69 Å². The van der Waals surface area contributed by atoms with Crippen LogP contribution in [0.1, 0.15) is 26.2 Å². The molecular formula is C15H19N2NaO7S. The van der Waals surface area contributed by atoms with Crippen molar-refractivity contribution in [2.24, 2.45) is 0 Å². The predicted molar refractivity (Wildman–Crippen MR) is 94.1 cm³/mol. The van der Waals surface area contributed by atoms with Crippen LogP contribution in [0.3, 0.4) is 0 Å². The van der Waals surface area contributed by atoms with Crippen molar-refractivity contribution in [1.29, 1.82) is 0 Å². The summed E-state index contributed by atoms with van der Waals surface area (Å²) in [6, 6.07) is 2.40. The van der Waals surface area contributed by atoms with Gasteiger partial charge in [0.25, 0.3) is 10.1 Å². The Morgan fingerprint density at radius 1 is 1.19 bits per heavy atom. The third kappa shape index (κ3) is 4.63. The molecule has 0 saturated carbocycles. The van der Waals surface area contributed by atoms with Crippen molar-refractivity contribution >= 4 is 63.2 Å². The Bertz CT molecular complexity index is 825. The van der Waals surface area contributed by atoms with E-state index < -0.39 is 39.3 Å². The first-order valence-corrected chi connectivity index (χ1v) is 8.97. The zero-order valence-corrected chi connectivity index (χ0v) is 14.6. The van der Waals surface area contributed by atoms with Crippen molar-refractivity contribution in [3.63, 3.8) is 0 Å². The summed E-state index contributed by atoms with van der Waals surface area (Å²) in [5.74, 6) is -1.41. The number of amides is 4. The van der Waals surface area contributed by atoms with Crippen LogP contribution in [-0.4, -0.2) is 78.9 Å². The van der Waals surface area contributed by atoms with Crippen LogP contribution in [0.15, 0.2) is 23.1 Å². The van der Waals surface area contributed by atoms with Crippen molar-refractivity contribution in [2.75, 3.05) is 18.6 Å². The molecule has 1 saturated heterocycles. The van der Waals surface area contributed by atoms with Crippen LogP contribution in [0.25, 0.3) is 0 Å². The number of ether oxygens (including phenoxy) is 1. The van der Waals surface area contributed by atoms with Crippen molar-refractivity contribution in [2.45, 2.75) is 31.1 Å². The Balaban J connectivity index is 0.00000338. The molecule has 0 bridgehead atoms. The first-order chi connectivity index (χ1) is 11.7. The summed E-state index contributed by atoms with van der Waals surface area (Å²) in [6.45, 7) is 2.09. The van der Waals surface area contributed by atoms with Gasteiger partial charge in [-0.3, -0.25) is 19.0 Å². The Kier molecular flexibility index (Phi) is 7.78. The summed E-state index contributed by atoms with van der Waals surface area (Å²) in [5.41, 5.74) is -0.00102. The minimum atomic E-state index is -4.47. The number of nitrogens with zero attached hydrogens (tertiary/aromatic N) is 2. The van der Waals surface area contributed by atoms with Gasteiger partial charge in [-0.2, -0.15) is 8.42 Å². The van der Waals surface area contributed by atoms with E-state index in [0.29, 0.717) is 6.42 Å². The topological polar surface area (TPSA) is 121 Å². The molecule has 0 radical (unpaired) electrons. The van der Waals surface area contributed by atoms with E-state index in [1.807, 2.05) is 6.92 Å². The van der Waals surface area contributed by atoms with Crippen LogP contribution in [0, 0.1) is 0 Å². The SMILES string of the molecule is CCCCN1C(=O)CC(=O)N(c2ccc(S(=O)(=O)O)cc2OC)C1=O.[NaH]. The number of urea groups is 1. The maximum atomic E-state index is 12.6. The van der Waals surface area contributed by atoms with Crippen LogP contribution in [0.4, 0.5) is 10.5 Å². The van der Waals surface area contributed by atoms with E-state index in [1.165, 1.54) is 13.2 Å². The second-order valence-corrected chi connectivity index (χ2v) is 6.82. The van der Waals surface area contributed by atoms with Gasteiger partial charge in [-0.05, 0) is 18.6 Å². The molecule has 26 heavy (non-hydrogen) atoms. The van der Waals surface area contributed by atoms with Gasteiger partial charge in [0.1, 0.15) is 12.2 Å². The number of hydrogen-bond donors (Lipinski definition) is 1. The molecule has 2 rings (SSSR count). The zero-order valence-electron chi connectivity index (χ0n) is 13.8. The first-order valence-electron chi connectivity index (χ1n) is 7.53. The van der Waals surface area contributed by atoms with Gasteiger partial charge in [-0.15, -0.1) is 0 Å². The molecule has 138 valence electrons. The van der Waals surface area contributed by atoms with Crippen molar-refractivity contribution in [1.82, 2.24) is 4.90 Å². The summed E-state index contributed by atoms with van der Waals surface area (Å²) in [7, 11) is -3.25. The molecular weight excluding hydrogens is 375 g/mol. The number of methoxy groups -OCH3 is 1. The molecule has 0 atom stereocenters. The van der Waals surface area contributed by atoms with Crippen molar-refractivity contribution in [3.8, 4) is 5.75 Å². The average molecular weight is 394 g/mol. The average Bonchev–Trinajstić information content (AvgIpc) is 2.53. The van der Waals surface area contributed by atoms with Gasteiger partial charge in [0, 0.05) is 12.6 Å². The zero-order chi connectivity index (χ0) is 18.8. The van der Waals surface area contributed by atoms with Gasteiger partial charge in [0.15, 0.2) is 0 Å². The molecule has 11 heteroatoms. The number of rotatable bonds is 6. The third-order valence-electron chi connectivity index (χ3n) is 3.70. The molecule has 4 amide bonds. The van der Waals surface area contributed by atoms with E-state index in [-0.39, 0.29) is 47.5 Å². The number of hydrogen-bond acceptors (Lipinski definition) is 6. The number of carbonyl (C=O) groups is 3. The molecule has 0 aromatic heterocycles. The van der Waals surface area contributed by atoms with E-state index >= 15 is 0 Å². The van der Waals surface area contributed by atoms with Crippen molar-refractivity contribution in [3.05, 3.63) is 18.2 Å². The monoisotopic (exact) mass is 394 g/mol. The third-order valence-corrected chi connectivity index (χ3v) is 4.55. The second-order valence-electron chi connectivity index (χ2n) is 5.40. The summed E-state index contributed by atoms with van der Waals surface area (Å²) in [4.78, 5) is 38.1. The molecule has 1 fully saturated rings. The number of benzene rings is 1. The van der Waals surface area contributed by atoms with Gasteiger partial charge < -0.3 is 4.74 Å². The van der Waals surface area contributed by atoms with Crippen molar-refractivity contribution < 1.29 is 32.1 Å². The molecule has 0 unspecified atom stereocenters. The predicted octanol–water partition coefficient (Wildman–Crippen LogP) is 0.779. The number of carbonyl (C=O) groups excluding carboxylic acids is 3. The fourth-order valence-corrected chi connectivity index (χ4v) is 2.91. The van der Waals surface area contributed by atoms with Gasteiger partial charge in [-0.1, -0.05) is 13.3 Å². The van der Waals surface area contributed by atoms with E-state index in [9.17, 15) is 22.8 Å². The molecule has 1 aliphatic rings. The number of barbiturate groups is 1. The standard InChI is InChI=1S/C15H18N2O7S.Na.H/c1-3-4-7-16-13(18)9-14(19)17(15(16)20)11-6-5-10(25(21,22)23)8-12(11)24-2;;/h5-6,8H,3-4,7,9H2,1-2H3,(H,21,22,23);;. The summed E-state index contributed by atoms with van der Waals surface area (Å²) >= 11 is 0. The molecule has 1 aromatic carbocycles. The van der Waals surface area contributed by atoms with Crippen LogP contribution in [0.2, 0.25) is 0 Å². The molecule has 9 nitrogen and oxygen atoms in total. The summed E-state index contributed by atoms with van der Waals surface area (Å²) < 4.78 is 36.6. The fourth-order valence-electron chi connectivity index (χ4n) is 2.42. The molecule has 0 aliphatic carbocycles. The van der Waals surface area contributed by atoms with Gasteiger partial charge in [0.2, 0.25) is 11.8 Å². The maximum absolute atomic E-state index is 12.6.